The number of carbonyl (C=O) groups is 3. The molecule has 0 radical (unpaired) electrons. The van der Waals surface area contributed by atoms with E-state index in [1.807, 2.05) is 0 Å². The molecule has 2 aromatic rings. The quantitative estimate of drug-likeness (QED) is 0.560. The monoisotopic (exact) mass is 461 g/mol. The summed E-state index contributed by atoms with van der Waals surface area (Å²) in [5.74, 6) is -3.03. The minimum atomic E-state index is -1.55. The van der Waals surface area contributed by atoms with Gasteiger partial charge in [0.1, 0.15) is 5.92 Å². The number of imide groups is 1. The van der Waals surface area contributed by atoms with Gasteiger partial charge in [0.15, 0.2) is 11.3 Å². The largest absolute Gasteiger partial charge is 0.464 e. The second-order valence-electron chi connectivity index (χ2n) is 6.31. The summed E-state index contributed by atoms with van der Waals surface area (Å²) >= 11 is 9.32. The summed E-state index contributed by atoms with van der Waals surface area (Å²) < 4.78 is 5.47. The van der Waals surface area contributed by atoms with Gasteiger partial charge in [-0.25, -0.2) is 9.69 Å². The lowest BCUT2D eigenvalue weighted by Crippen LogP contribution is -2.48. The number of ether oxygens (including phenoxy) is 1. The standard InChI is InChI=1S/C19H13BrClN3O4/c1-28-17(26)15-14-16(25)24(13-4-2-3-11(20)9-13)18(27)19(14,23-22-15)10-5-7-12(21)8-6-10/h2-9,14,23H,1H3/t14-,19-/m0/s1. The fraction of sp³-hybridized carbons (Fsp3) is 0.158. The van der Waals surface area contributed by atoms with Crippen LogP contribution in [0.3, 0.4) is 0 Å². The highest BCUT2D eigenvalue weighted by molar-refractivity contribution is 9.10. The molecule has 2 aliphatic heterocycles. The molecule has 2 atom stereocenters. The van der Waals surface area contributed by atoms with Gasteiger partial charge in [-0.2, -0.15) is 5.10 Å². The van der Waals surface area contributed by atoms with E-state index in [1.54, 1.807) is 48.5 Å². The van der Waals surface area contributed by atoms with E-state index in [2.05, 4.69) is 26.5 Å². The van der Waals surface area contributed by atoms with Gasteiger partial charge in [-0.3, -0.25) is 15.0 Å². The van der Waals surface area contributed by atoms with E-state index >= 15 is 0 Å². The Morgan fingerprint density at radius 1 is 1.25 bits per heavy atom. The Morgan fingerprint density at radius 3 is 2.61 bits per heavy atom. The predicted molar refractivity (Wildman–Crippen MR) is 106 cm³/mol. The van der Waals surface area contributed by atoms with Crippen molar-refractivity contribution in [1.82, 2.24) is 5.43 Å². The number of halogens is 2. The number of carbonyl (C=O) groups excluding carboxylic acids is 3. The van der Waals surface area contributed by atoms with E-state index in [4.69, 9.17) is 16.3 Å². The second-order valence-corrected chi connectivity index (χ2v) is 7.66. The summed E-state index contributed by atoms with van der Waals surface area (Å²) in [4.78, 5) is 40.2. The van der Waals surface area contributed by atoms with Crippen LogP contribution in [0.25, 0.3) is 0 Å². The number of rotatable bonds is 3. The number of fused-ring (bicyclic) bond motifs is 1. The molecule has 4 rings (SSSR count). The van der Waals surface area contributed by atoms with Gasteiger partial charge in [-0.05, 0) is 35.9 Å². The first-order valence-electron chi connectivity index (χ1n) is 8.23. The Bertz CT molecular complexity index is 1040. The summed E-state index contributed by atoms with van der Waals surface area (Å²) in [5.41, 5.74) is 1.91. The third-order valence-electron chi connectivity index (χ3n) is 4.83. The highest BCUT2D eigenvalue weighted by Gasteiger charge is 2.67. The lowest BCUT2D eigenvalue weighted by molar-refractivity contribution is -0.133. The number of methoxy groups -OCH3 is 1. The van der Waals surface area contributed by atoms with Crippen LogP contribution in [0.2, 0.25) is 5.02 Å². The molecule has 0 unspecified atom stereocenters. The SMILES string of the molecule is COC(=O)C1=NN[C@]2(c3ccc(Cl)cc3)C(=O)N(c3cccc(Br)c3)C(=O)[C@H]12. The number of benzene rings is 2. The summed E-state index contributed by atoms with van der Waals surface area (Å²) in [7, 11) is 1.19. The van der Waals surface area contributed by atoms with Crippen LogP contribution < -0.4 is 10.3 Å². The van der Waals surface area contributed by atoms with E-state index in [1.165, 1.54) is 7.11 Å². The van der Waals surface area contributed by atoms with Gasteiger partial charge in [-0.15, -0.1) is 0 Å². The molecule has 9 heteroatoms. The first-order chi connectivity index (χ1) is 13.4. The van der Waals surface area contributed by atoms with Crippen LogP contribution in [-0.2, 0) is 24.7 Å². The lowest BCUT2D eigenvalue weighted by Gasteiger charge is -2.26. The van der Waals surface area contributed by atoms with Crippen LogP contribution in [0.5, 0.6) is 0 Å². The van der Waals surface area contributed by atoms with Crippen molar-refractivity contribution in [2.75, 3.05) is 12.0 Å². The number of nitrogens with zero attached hydrogens (tertiary/aromatic N) is 2. The van der Waals surface area contributed by atoms with Gasteiger partial charge in [0, 0.05) is 9.50 Å². The molecule has 0 spiro atoms. The predicted octanol–water partition coefficient (Wildman–Crippen LogP) is 2.62. The van der Waals surface area contributed by atoms with Crippen LogP contribution in [0, 0.1) is 5.92 Å². The number of hydrazone groups is 1. The van der Waals surface area contributed by atoms with Gasteiger partial charge >= 0.3 is 5.97 Å². The zero-order chi connectivity index (χ0) is 20.1. The summed E-state index contributed by atoms with van der Waals surface area (Å²) in [6.45, 7) is 0. The first-order valence-corrected chi connectivity index (χ1v) is 9.40. The molecule has 2 aliphatic rings. The Morgan fingerprint density at radius 2 is 1.96 bits per heavy atom. The van der Waals surface area contributed by atoms with E-state index in [-0.39, 0.29) is 5.71 Å². The molecule has 0 bridgehead atoms. The number of anilines is 1. The molecule has 1 N–H and O–H groups in total. The molecular weight excluding hydrogens is 450 g/mol. The molecule has 28 heavy (non-hydrogen) atoms. The number of amides is 2. The number of hydrogen-bond acceptors (Lipinski definition) is 6. The molecule has 0 aromatic heterocycles. The summed E-state index contributed by atoms with van der Waals surface area (Å²) in [5, 5.41) is 4.47. The summed E-state index contributed by atoms with van der Waals surface area (Å²) in [6, 6.07) is 13.3. The van der Waals surface area contributed by atoms with Crippen LogP contribution in [-0.4, -0.2) is 30.6 Å². The average Bonchev–Trinajstić information content (AvgIpc) is 3.18. The number of nitrogens with one attached hydrogen (secondary N) is 1. The van der Waals surface area contributed by atoms with Crippen molar-refractivity contribution in [1.29, 1.82) is 0 Å². The molecule has 7 nitrogen and oxygen atoms in total. The van der Waals surface area contributed by atoms with E-state index in [9.17, 15) is 14.4 Å². The lowest BCUT2D eigenvalue weighted by atomic mass is 9.79. The van der Waals surface area contributed by atoms with Crippen molar-refractivity contribution in [2.45, 2.75) is 5.54 Å². The van der Waals surface area contributed by atoms with Crippen molar-refractivity contribution in [3.05, 3.63) is 63.6 Å². The zero-order valence-corrected chi connectivity index (χ0v) is 16.8. The van der Waals surface area contributed by atoms with Crippen LogP contribution in [0.15, 0.2) is 58.1 Å². The maximum absolute atomic E-state index is 13.5. The zero-order valence-electron chi connectivity index (χ0n) is 14.5. The number of esters is 1. The van der Waals surface area contributed by atoms with E-state index in [0.717, 1.165) is 4.90 Å². The molecular formula is C19H13BrClN3O4. The smallest absolute Gasteiger partial charge is 0.355 e. The van der Waals surface area contributed by atoms with Crippen molar-refractivity contribution >= 4 is 56.7 Å². The molecule has 2 heterocycles. The molecule has 142 valence electrons. The number of hydrogen-bond donors (Lipinski definition) is 1. The van der Waals surface area contributed by atoms with Crippen LogP contribution in [0.4, 0.5) is 5.69 Å². The van der Waals surface area contributed by atoms with Gasteiger partial charge in [0.2, 0.25) is 5.91 Å². The summed E-state index contributed by atoms with van der Waals surface area (Å²) in [6.07, 6.45) is 0. The minimum absolute atomic E-state index is 0.145. The fourth-order valence-corrected chi connectivity index (χ4v) is 4.07. The van der Waals surface area contributed by atoms with Crippen molar-refractivity contribution in [3.8, 4) is 0 Å². The Hall–Kier alpha value is -2.71. The molecule has 1 saturated heterocycles. The van der Waals surface area contributed by atoms with E-state index < -0.39 is 29.2 Å². The van der Waals surface area contributed by atoms with Gasteiger partial charge < -0.3 is 4.74 Å². The van der Waals surface area contributed by atoms with Crippen molar-refractivity contribution in [2.24, 2.45) is 11.0 Å². The van der Waals surface area contributed by atoms with Crippen LogP contribution in [0.1, 0.15) is 5.56 Å². The average molecular weight is 463 g/mol. The Labute approximate surface area is 173 Å². The third-order valence-corrected chi connectivity index (χ3v) is 5.57. The molecule has 2 amide bonds. The highest BCUT2D eigenvalue weighted by Crippen LogP contribution is 2.45. The first kappa shape index (κ1) is 18.6. The van der Waals surface area contributed by atoms with Gasteiger partial charge in [0.05, 0.1) is 12.8 Å². The van der Waals surface area contributed by atoms with Crippen LogP contribution >= 0.6 is 27.5 Å². The third kappa shape index (κ3) is 2.56. The topological polar surface area (TPSA) is 88.1 Å². The van der Waals surface area contributed by atoms with Crippen molar-refractivity contribution < 1.29 is 19.1 Å². The molecule has 1 fully saturated rings. The molecule has 0 aliphatic carbocycles. The van der Waals surface area contributed by atoms with Crippen molar-refractivity contribution in [3.63, 3.8) is 0 Å². The fourth-order valence-electron chi connectivity index (χ4n) is 3.56. The maximum Gasteiger partial charge on any atom is 0.355 e. The second kappa shape index (κ2) is 6.72. The maximum atomic E-state index is 13.5. The molecule has 0 saturated carbocycles. The van der Waals surface area contributed by atoms with Gasteiger partial charge in [0.25, 0.3) is 5.91 Å². The normalized spacial score (nSPS) is 23.3. The van der Waals surface area contributed by atoms with Gasteiger partial charge in [-0.1, -0.05) is 45.7 Å². The Balaban J connectivity index is 1.90. The minimum Gasteiger partial charge on any atom is -0.464 e. The van der Waals surface area contributed by atoms with E-state index in [0.29, 0.717) is 20.7 Å². The highest BCUT2D eigenvalue weighted by atomic mass is 79.9. The Kier molecular flexibility index (Phi) is 4.47. The molecule has 2 aromatic carbocycles.